The van der Waals surface area contributed by atoms with Crippen LogP contribution >= 0.6 is 27.3 Å². The standard InChI is InChI=1S/C15H17BrN2OS/c1-3-10(2)17-14(19)8-13-9-20-15(18-13)11-5-4-6-12(16)7-11/h4-7,9-10H,3,8H2,1-2H3,(H,17,19). The van der Waals surface area contributed by atoms with Gasteiger partial charge in [-0.3, -0.25) is 4.79 Å². The van der Waals surface area contributed by atoms with E-state index in [-0.39, 0.29) is 11.9 Å². The van der Waals surface area contributed by atoms with E-state index in [0.29, 0.717) is 6.42 Å². The van der Waals surface area contributed by atoms with E-state index in [1.54, 1.807) is 11.3 Å². The predicted molar refractivity (Wildman–Crippen MR) is 86.8 cm³/mol. The molecule has 0 spiro atoms. The summed E-state index contributed by atoms with van der Waals surface area (Å²) in [6.45, 7) is 4.06. The van der Waals surface area contributed by atoms with Crippen LogP contribution in [0.4, 0.5) is 0 Å². The average molecular weight is 353 g/mol. The number of nitrogens with zero attached hydrogens (tertiary/aromatic N) is 1. The quantitative estimate of drug-likeness (QED) is 0.882. The van der Waals surface area contributed by atoms with Crippen molar-refractivity contribution in [2.45, 2.75) is 32.7 Å². The van der Waals surface area contributed by atoms with Gasteiger partial charge in [0.1, 0.15) is 5.01 Å². The van der Waals surface area contributed by atoms with Crippen LogP contribution in [0.1, 0.15) is 26.0 Å². The van der Waals surface area contributed by atoms with E-state index < -0.39 is 0 Å². The minimum atomic E-state index is 0.0328. The van der Waals surface area contributed by atoms with Crippen LogP contribution in [0.2, 0.25) is 0 Å². The summed E-state index contributed by atoms with van der Waals surface area (Å²) < 4.78 is 1.03. The first-order valence-corrected chi connectivity index (χ1v) is 8.25. The first kappa shape index (κ1) is 15.2. The molecule has 0 bridgehead atoms. The Balaban J connectivity index is 2.04. The molecule has 20 heavy (non-hydrogen) atoms. The van der Waals surface area contributed by atoms with Crippen LogP contribution < -0.4 is 5.32 Å². The third kappa shape index (κ3) is 4.15. The van der Waals surface area contributed by atoms with Gasteiger partial charge in [-0.1, -0.05) is 35.0 Å². The lowest BCUT2D eigenvalue weighted by Gasteiger charge is -2.10. The number of nitrogens with one attached hydrogen (secondary N) is 1. The SMILES string of the molecule is CCC(C)NC(=O)Cc1csc(-c2cccc(Br)c2)n1. The Morgan fingerprint density at radius 3 is 3.00 bits per heavy atom. The Kier molecular flexibility index (Phi) is 5.31. The molecule has 1 atom stereocenters. The number of thiazole rings is 1. The fraction of sp³-hybridized carbons (Fsp3) is 0.333. The molecule has 0 radical (unpaired) electrons. The summed E-state index contributed by atoms with van der Waals surface area (Å²) in [4.78, 5) is 16.4. The van der Waals surface area contributed by atoms with E-state index in [1.165, 1.54) is 0 Å². The minimum Gasteiger partial charge on any atom is -0.353 e. The maximum absolute atomic E-state index is 11.8. The maximum Gasteiger partial charge on any atom is 0.226 e. The molecule has 2 aromatic rings. The minimum absolute atomic E-state index is 0.0328. The van der Waals surface area contributed by atoms with Gasteiger partial charge in [0, 0.05) is 21.5 Å². The Bertz CT molecular complexity index is 597. The molecule has 5 heteroatoms. The zero-order valence-corrected chi connectivity index (χ0v) is 13.9. The fourth-order valence-corrected chi connectivity index (χ4v) is 2.95. The van der Waals surface area contributed by atoms with E-state index >= 15 is 0 Å². The average Bonchev–Trinajstić information content (AvgIpc) is 2.87. The summed E-state index contributed by atoms with van der Waals surface area (Å²) in [7, 11) is 0. The van der Waals surface area contributed by atoms with Gasteiger partial charge in [0.15, 0.2) is 0 Å². The second-order valence-electron chi connectivity index (χ2n) is 4.71. The highest BCUT2D eigenvalue weighted by Gasteiger charge is 2.10. The summed E-state index contributed by atoms with van der Waals surface area (Å²) in [6, 6.07) is 8.23. The van der Waals surface area contributed by atoms with Gasteiger partial charge in [-0.2, -0.15) is 0 Å². The number of hydrogen-bond donors (Lipinski definition) is 1. The lowest BCUT2D eigenvalue weighted by Crippen LogP contribution is -2.33. The van der Waals surface area contributed by atoms with Crippen LogP contribution in [-0.4, -0.2) is 16.9 Å². The Hall–Kier alpha value is -1.20. The van der Waals surface area contributed by atoms with Crippen LogP contribution in [0.25, 0.3) is 10.6 Å². The molecule has 0 aliphatic carbocycles. The number of carbonyl (C=O) groups is 1. The molecule has 0 fully saturated rings. The second-order valence-corrected chi connectivity index (χ2v) is 6.48. The largest absolute Gasteiger partial charge is 0.353 e. The molecule has 106 valence electrons. The van der Waals surface area contributed by atoms with Crippen LogP contribution in [0, 0.1) is 0 Å². The van der Waals surface area contributed by atoms with Gasteiger partial charge in [-0.25, -0.2) is 4.98 Å². The highest BCUT2D eigenvalue weighted by Crippen LogP contribution is 2.26. The van der Waals surface area contributed by atoms with Crippen LogP contribution in [0.3, 0.4) is 0 Å². The number of hydrogen-bond acceptors (Lipinski definition) is 3. The van der Waals surface area contributed by atoms with Crippen LogP contribution in [0.5, 0.6) is 0 Å². The molecule has 1 aromatic heterocycles. The monoisotopic (exact) mass is 352 g/mol. The molecule has 1 amide bonds. The molecular weight excluding hydrogens is 336 g/mol. The van der Waals surface area contributed by atoms with Gasteiger partial charge >= 0.3 is 0 Å². The molecule has 1 heterocycles. The molecule has 0 aliphatic rings. The van der Waals surface area contributed by atoms with Gasteiger partial charge in [0.25, 0.3) is 0 Å². The first-order valence-electron chi connectivity index (χ1n) is 6.58. The molecule has 2 rings (SSSR count). The van der Waals surface area contributed by atoms with E-state index in [9.17, 15) is 4.79 Å². The number of aromatic nitrogens is 1. The molecule has 0 saturated carbocycles. The van der Waals surface area contributed by atoms with E-state index in [0.717, 1.165) is 27.2 Å². The highest BCUT2D eigenvalue weighted by atomic mass is 79.9. The summed E-state index contributed by atoms with van der Waals surface area (Å²) in [5.74, 6) is 0.0328. The molecule has 1 aromatic carbocycles. The Morgan fingerprint density at radius 1 is 1.50 bits per heavy atom. The van der Waals surface area contributed by atoms with Crippen molar-refractivity contribution >= 4 is 33.2 Å². The van der Waals surface area contributed by atoms with Crippen molar-refractivity contribution in [2.75, 3.05) is 0 Å². The third-order valence-electron chi connectivity index (χ3n) is 2.98. The predicted octanol–water partition coefficient (Wildman–Crippen LogP) is 4.03. The van der Waals surface area contributed by atoms with Crippen molar-refractivity contribution in [2.24, 2.45) is 0 Å². The lowest BCUT2D eigenvalue weighted by molar-refractivity contribution is -0.121. The smallest absolute Gasteiger partial charge is 0.226 e. The fourth-order valence-electron chi connectivity index (χ4n) is 1.73. The normalized spacial score (nSPS) is 12.2. The lowest BCUT2D eigenvalue weighted by atomic mass is 10.2. The molecule has 3 nitrogen and oxygen atoms in total. The number of carbonyl (C=O) groups excluding carboxylic acids is 1. The molecule has 1 unspecified atom stereocenters. The van der Waals surface area contributed by atoms with E-state index in [2.05, 4.69) is 33.2 Å². The maximum atomic E-state index is 11.8. The molecule has 0 saturated heterocycles. The Labute approximate surface area is 131 Å². The van der Waals surface area contributed by atoms with Crippen molar-refractivity contribution in [3.8, 4) is 10.6 Å². The van der Waals surface area contributed by atoms with Gasteiger partial charge in [0.05, 0.1) is 12.1 Å². The Morgan fingerprint density at radius 2 is 2.30 bits per heavy atom. The molecule has 1 N–H and O–H groups in total. The number of benzene rings is 1. The van der Waals surface area contributed by atoms with Crippen molar-refractivity contribution in [3.63, 3.8) is 0 Å². The topological polar surface area (TPSA) is 42.0 Å². The zero-order chi connectivity index (χ0) is 14.5. The second kappa shape index (κ2) is 6.99. The third-order valence-corrected chi connectivity index (χ3v) is 4.42. The van der Waals surface area contributed by atoms with Crippen molar-refractivity contribution < 1.29 is 4.79 Å². The molecule has 0 aliphatic heterocycles. The van der Waals surface area contributed by atoms with Crippen molar-refractivity contribution in [1.82, 2.24) is 10.3 Å². The van der Waals surface area contributed by atoms with Gasteiger partial charge in [-0.05, 0) is 25.5 Å². The molecular formula is C15H17BrN2OS. The summed E-state index contributed by atoms with van der Waals surface area (Å²) in [6.07, 6.45) is 1.28. The van der Waals surface area contributed by atoms with Gasteiger partial charge in [-0.15, -0.1) is 11.3 Å². The number of amides is 1. The summed E-state index contributed by atoms with van der Waals surface area (Å²) >= 11 is 5.02. The van der Waals surface area contributed by atoms with Crippen LogP contribution in [-0.2, 0) is 11.2 Å². The van der Waals surface area contributed by atoms with Gasteiger partial charge in [0.2, 0.25) is 5.91 Å². The van der Waals surface area contributed by atoms with Crippen molar-refractivity contribution in [3.05, 3.63) is 39.8 Å². The first-order chi connectivity index (χ1) is 9.58. The zero-order valence-electron chi connectivity index (χ0n) is 11.5. The number of halogens is 1. The summed E-state index contributed by atoms with van der Waals surface area (Å²) in [5.41, 5.74) is 1.89. The van der Waals surface area contributed by atoms with Crippen LogP contribution in [0.15, 0.2) is 34.1 Å². The van der Waals surface area contributed by atoms with Crippen molar-refractivity contribution in [1.29, 1.82) is 0 Å². The van der Waals surface area contributed by atoms with E-state index in [1.807, 2.05) is 36.6 Å². The highest BCUT2D eigenvalue weighted by molar-refractivity contribution is 9.10. The van der Waals surface area contributed by atoms with E-state index in [4.69, 9.17) is 0 Å². The number of rotatable bonds is 5. The summed E-state index contributed by atoms with van der Waals surface area (Å²) in [5, 5.41) is 5.85. The van der Waals surface area contributed by atoms with Gasteiger partial charge < -0.3 is 5.32 Å².